The van der Waals surface area contributed by atoms with Gasteiger partial charge >= 0.3 is 0 Å². The summed E-state index contributed by atoms with van der Waals surface area (Å²) < 4.78 is 0. The number of carbonyl (C=O) groups is 2. The number of amides is 2. The van der Waals surface area contributed by atoms with Gasteiger partial charge in [-0.25, -0.2) is 4.90 Å². The molecule has 1 heterocycles. The van der Waals surface area contributed by atoms with Gasteiger partial charge in [-0.3, -0.25) is 9.59 Å². The molecule has 0 saturated carbocycles. The Balaban J connectivity index is 2.42. The fraction of sp³-hybridized carbons (Fsp3) is 0.333. The summed E-state index contributed by atoms with van der Waals surface area (Å²) in [7, 11) is 0. The van der Waals surface area contributed by atoms with Crippen LogP contribution in [-0.4, -0.2) is 16.9 Å². The number of rotatable bonds is 1. The summed E-state index contributed by atoms with van der Waals surface area (Å²) in [5.41, 5.74) is 0.436. The molecular weight excluding hydrogens is 206 g/mol. The Bertz CT molecular complexity index is 435. The smallest absolute Gasteiger partial charge is 0.237 e. The molecular formula is C12H13NO3. The summed E-state index contributed by atoms with van der Waals surface area (Å²) in [6.45, 7) is 3.49. The molecule has 2 rings (SSSR count). The molecule has 4 nitrogen and oxygen atoms in total. The monoisotopic (exact) mass is 219 g/mol. The molecule has 0 aliphatic carbocycles. The lowest BCUT2D eigenvalue weighted by Gasteiger charge is -2.14. The number of carbonyl (C=O) groups excluding carboxylic acids is 2. The van der Waals surface area contributed by atoms with Crippen molar-refractivity contribution in [1.82, 2.24) is 0 Å². The van der Waals surface area contributed by atoms with Crippen LogP contribution >= 0.6 is 0 Å². The molecule has 2 unspecified atom stereocenters. The van der Waals surface area contributed by atoms with Gasteiger partial charge in [-0.05, 0) is 12.1 Å². The summed E-state index contributed by atoms with van der Waals surface area (Å²) in [6.07, 6.45) is 0. The van der Waals surface area contributed by atoms with E-state index in [1.165, 1.54) is 12.1 Å². The number of aromatic hydroxyl groups is 1. The van der Waals surface area contributed by atoms with E-state index >= 15 is 0 Å². The SMILES string of the molecule is CC1C(=O)N(c2cccc(O)c2)C(=O)C1C. The molecule has 0 bridgehead atoms. The second-order valence-corrected chi connectivity index (χ2v) is 4.11. The third-order valence-electron chi connectivity index (χ3n) is 3.06. The first-order valence-electron chi connectivity index (χ1n) is 5.19. The number of imide groups is 1. The van der Waals surface area contributed by atoms with Crippen molar-refractivity contribution < 1.29 is 14.7 Å². The van der Waals surface area contributed by atoms with Crippen molar-refractivity contribution in [1.29, 1.82) is 0 Å². The van der Waals surface area contributed by atoms with Gasteiger partial charge in [-0.15, -0.1) is 0 Å². The maximum Gasteiger partial charge on any atom is 0.237 e. The van der Waals surface area contributed by atoms with Crippen LogP contribution in [-0.2, 0) is 9.59 Å². The van der Waals surface area contributed by atoms with Crippen molar-refractivity contribution in [3.8, 4) is 5.75 Å². The van der Waals surface area contributed by atoms with Crippen LogP contribution in [0.15, 0.2) is 24.3 Å². The van der Waals surface area contributed by atoms with E-state index in [1.807, 2.05) is 0 Å². The number of phenols is 1. The molecule has 1 aromatic carbocycles. The van der Waals surface area contributed by atoms with Crippen LogP contribution in [0.5, 0.6) is 5.75 Å². The average Bonchev–Trinajstić information content (AvgIpc) is 2.44. The number of hydrogen-bond donors (Lipinski definition) is 1. The zero-order valence-electron chi connectivity index (χ0n) is 9.18. The van der Waals surface area contributed by atoms with Crippen molar-refractivity contribution in [3.05, 3.63) is 24.3 Å². The molecule has 1 aliphatic heterocycles. The Labute approximate surface area is 93.5 Å². The normalized spacial score (nSPS) is 25.2. The number of benzene rings is 1. The highest BCUT2D eigenvalue weighted by atomic mass is 16.3. The minimum Gasteiger partial charge on any atom is -0.508 e. The van der Waals surface area contributed by atoms with Gasteiger partial charge in [0.15, 0.2) is 0 Å². The van der Waals surface area contributed by atoms with E-state index in [0.717, 1.165) is 4.90 Å². The minimum atomic E-state index is -0.296. The molecule has 1 aromatic rings. The van der Waals surface area contributed by atoms with Crippen molar-refractivity contribution >= 4 is 17.5 Å². The van der Waals surface area contributed by atoms with Gasteiger partial charge in [-0.1, -0.05) is 19.9 Å². The maximum atomic E-state index is 11.9. The van der Waals surface area contributed by atoms with Gasteiger partial charge in [0.25, 0.3) is 0 Å². The molecule has 16 heavy (non-hydrogen) atoms. The summed E-state index contributed by atoms with van der Waals surface area (Å²) in [6, 6.07) is 6.17. The third kappa shape index (κ3) is 1.46. The number of hydrogen-bond acceptors (Lipinski definition) is 3. The zero-order chi connectivity index (χ0) is 11.9. The molecule has 2 amide bonds. The van der Waals surface area contributed by atoms with E-state index in [0.29, 0.717) is 5.69 Å². The van der Waals surface area contributed by atoms with E-state index in [-0.39, 0.29) is 29.4 Å². The molecule has 1 saturated heterocycles. The van der Waals surface area contributed by atoms with Crippen LogP contribution in [0.25, 0.3) is 0 Å². The Morgan fingerprint density at radius 2 is 1.69 bits per heavy atom. The Hall–Kier alpha value is -1.84. The van der Waals surface area contributed by atoms with Crippen LogP contribution in [0, 0.1) is 11.8 Å². The molecule has 0 spiro atoms. The van der Waals surface area contributed by atoms with Crippen molar-refractivity contribution in [2.75, 3.05) is 4.90 Å². The number of anilines is 1. The fourth-order valence-corrected chi connectivity index (χ4v) is 1.83. The minimum absolute atomic E-state index is 0.0466. The maximum absolute atomic E-state index is 11.9. The predicted molar refractivity (Wildman–Crippen MR) is 58.9 cm³/mol. The Morgan fingerprint density at radius 1 is 1.12 bits per heavy atom. The van der Waals surface area contributed by atoms with Gasteiger partial charge in [0.05, 0.1) is 5.69 Å². The first kappa shape index (κ1) is 10.7. The number of phenolic OH excluding ortho intramolecular Hbond substituents is 1. The van der Waals surface area contributed by atoms with Gasteiger partial charge < -0.3 is 5.11 Å². The van der Waals surface area contributed by atoms with E-state index in [2.05, 4.69) is 0 Å². The molecule has 84 valence electrons. The average molecular weight is 219 g/mol. The highest BCUT2D eigenvalue weighted by Crippen LogP contribution is 2.31. The topological polar surface area (TPSA) is 57.6 Å². The highest BCUT2D eigenvalue weighted by Gasteiger charge is 2.42. The van der Waals surface area contributed by atoms with Crippen LogP contribution in [0.3, 0.4) is 0 Å². The van der Waals surface area contributed by atoms with Gasteiger partial charge in [0, 0.05) is 17.9 Å². The molecule has 0 aromatic heterocycles. The van der Waals surface area contributed by atoms with E-state index in [1.54, 1.807) is 26.0 Å². The van der Waals surface area contributed by atoms with E-state index in [4.69, 9.17) is 0 Å². The lowest BCUT2D eigenvalue weighted by Crippen LogP contribution is -2.30. The lowest BCUT2D eigenvalue weighted by molar-refractivity contribution is -0.122. The van der Waals surface area contributed by atoms with Crippen LogP contribution < -0.4 is 4.90 Å². The molecule has 1 N–H and O–H groups in total. The van der Waals surface area contributed by atoms with Gasteiger partial charge in [0.1, 0.15) is 5.75 Å². The molecule has 2 atom stereocenters. The Morgan fingerprint density at radius 3 is 2.19 bits per heavy atom. The second kappa shape index (κ2) is 3.63. The second-order valence-electron chi connectivity index (χ2n) is 4.11. The van der Waals surface area contributed by atoms with Crippen LogP contribution in [0.2, 0.25) is 0 Å². The Kier molecular flexibility index (Phi) is 2.42. The summed E-state index contributed by atoms with van der Waals surface area (Å²) in [5, 5.41) is 9.33. The van der Waals surface area contributed by atoms with Crippen molar-refractivity contribution in [2.45, 2.75) is 13.8 Å². The standard InChI is InChI=1S/C12H13NO3/c1-7-8(2)12(16)13(11(7)15)9-4-3-5-10(14)6-9/h3-8,14H,1-2H3. The first-order chi connectivity index (χ1) is 7.52. The lowest BCUT2D eigenvalue weighted by atomic mass is 10.00. The van der Waals surface area contributed by atoms with E-state index in [9.17, 15) is 14.7 Å². The predicted octanol–water partition coefficient (Wildman–Crippen LogP) is 1.54. The summed E-state index contributed by atoms with van der Waals surface area (Å²) in [5.74, 6) is -0.957. The zero-order valence-corrected chi connectivity index (χ0v) is 9.18. The summed E-state index contributed by atoms with van der Waals surface area (Å²) in [4.78, 5) is 24.9. The van der Waals surface area contributed by atoms with Gasteiger partial charge in [0.2, 0.25) is 11.8 Å². The van der Waals surface area contributed by atoms with E-state index < -0.39 is 0 Å². The molecule has 4 heteroatoms. The molecule has 1 aliphatic rings. The summed E-state index contributed by atoms with van der Waals surface area (Å²) >= 11 is 0. The number of nitrogens with zero attached hydrogens (tertiary/aromatic N) is 1. The quantitative estimate of drug-likeness (QED) is 0.729. The fourth-order valence-electron chi connectivity index (χ4n) is 1.83. The van der Waals surface area contributed by atoms with Gasteiger partial charge in [-0.2, -0.15) is 0 Å². The molecule has 1 fully saturated rings. The first-order valence-corrected chi connectivity index (χ1v) is 5.19. The largest absolute Gasteiger partial charge is 0.508 e. The van der Waals surface area contributed by atoms with Crippen LogP contribution in [0.1, 0.15) is 13.8 Å². The highest BCUT2D eigenvalue weighted by molar-refractivity contribution is 6.21. The third-order valence-corrected chi connectivity index (χ3v) is 3.06. The van der Waals surface area contributed by atoms with Crippen molar-refractivity contribution in [2.24, 2.45) is 11.8 Å². The molecule has 0 radical (unpaired) electrons. The van der Waals surface area contributed by atoms with Crippen molar-refractivity contribution in [3.63, 3.8) is 0 Å². The van der Waals surface area contributed by atoms with Crippen LogP contribution in [0.4, 0.5) is 5.69 Å².